The quantitative estimate of drug-likeness (QED) is 0.741. The van der Waals surface area contributed by atoms with E-state index in [-0.39, 0.29) is 24.1 Å². The monoisotopic (exact) mass is 235 g/mol. The highest BCUT2D eigenvalue weighted by molar-refractivity contribution is 6.12. The SMILES string of the molecule is COc1ccc(CN2C(=O)C=CC2=O)cc1F. The smallest absolute Gasteiger partial charge is 0.253 e. The normalized spacial score (nSPS) is 14.6. The fourth-order valence-electron chi connectivity index (χ4n) is 1.58. The summed E-state index contributed by atoms with van der Waals surface area (Å²) in [6.45, 7) is 0.0611. The Morgan fingerprint density at radius 1 is 1.24 bits per heavy atom. The number of imide groups is 1. The molecule has 5 heteroatoms. The highest BCUT2D eigenvalue weighted by Gasteiger charge is 2.23. The van der Waals surface area contributed by atoms with Gasteiger partial charge in [0.05, 0.1) is 13.7 Å². The number of hydrogen-bond acceptors (Lipinski definition) is 3. The molecule has 4 nitrogen and oxygen atoms in total. The van der Waals surface area contributed by atoms with E-state index in [0.717, 1.165) is 4.90 Å². The first-order valence-electron chi connectivity index (χ1n) is 4.98. The van der Waals surface area contributed by atoms with Gasteiger partial charge in [0.25, 0.3) is 11.8 Å². The van der Waals surface area contributed by atoms with E-state index < -0.39 is 5.82 Å². The van der Waals surface area contributed by atoms with E-state index in [1.165, 1.54) is 31.4 Å². The second kappa shape index (κ2) is 4.37. The first-order chi connectivity index (χ1) is 8.11. The third kappa shape index (κ3) is 2.18. The summed E-state index contributed by atoms with van der Waals surface area (Å²) in [6, 6.07) is 4.32. The van der Waals surface area contributed by atoms with Crippen molar-refractivity contribution in [2.75, 3.05) is 7.11 Å². The van der Waals surface area contributed by atoms with Crippen LogP contribution in [-0.2, 0) is 16.1 Å². The average Bonchev–Trinajstić information content (AvgIpc) is 2.61. The summed E-state index contributed by atoms with van der Waals surface area (Å²) in [5, 5.41) is 0. The maximum absolute atomic E-state index is 13.4. The molecule has 0 fully saturated rings. The average molecular weight is 235 g/mol. The van der Waals surface area contributed by atoms with Gasteiger partial charge < -0.3 is 4.74 Å². The summed E-state index contributed by atoms with van der Waals surface area (Å²) in [6.07, 6.45) is 2.39. The number of amides is 2. The predicted molar refractivity (Wildman–Crippen MR) is 57.6 cm³/mol. The number of halogens is 1. The zero-order valence-electron chi connectivity index (χ0n) is 9.14. The van der Waals surface area contributed by atoms with Crippen LogP contribution in [-0.4, -0.2) is 23.8 Å². The molecule has 0 spiro atoms. The van der Waals surface area contributed by atoms with Crippen LogP contribution in [0.4, 0.5) is 4.39 Å². The Kier molecular flexibility index (Phi) is 2.91. The van der Waals surface area contributed by atoms with Gasteiger partial charge in [-0.05, 0) is 17.7 Å². The van der Waals surface area contributed by atoms with Crippen LogP contribution in [0.3, 0.4) is 0 Å². The van der Waals surface area contributed by atoms with Crippen molar-refractivity contribution in [2.45, 2.75) is 6.54 Å². The van der Waals surface area contributed by atoms with E-state index in [4.69, 9.17) is 4.74 Å². The molecule has 0 aliphatic carbocycles. The molecule has 17 heavy (non-hydrogen) atoms. The maximum atomic E-state index is 13.4. The second-order valence-electron chi connectivity index (χ2n) is 3.56. The van der Waals surface area contributed by atoms with E-state index in [2.05, 4.69) is 0 Å². The van der Waals surface area contributed by atoms with Crippen LogP contribution in [0.25, 0.3) is 0 Å². The molecule has 2 rings (SSSR count). The lowest BCUT2D eigenvalue weighted by Crippen LogP contribution is -2.29. The second-order valence-corrected chi connectivity index (χ2v) is 3.56. The third-order valence-electron chi connectivity index (χ3n) is 2.46. The first kappa shape index (κ1) is 11.3. The van der Waals surface area contributed by atoms with Crippen molar-refractivity contribution in [3.63, 3.8) is 0 Å². The van der Waals surface area contributed by atoms with E-state index in [0.29, 0.717) is 5.56 Å². The van der Waals surface area contributed by atoms with Gasteiger partial charge in [-0.3, -0.25) is 14.5 Å². The maximum Gasteiger partial charge on any atom is 0.253 e. The molecule has 0 unspecified atom stereocenters. The molecule has 1 heterocycles. The Bertz CT molecular complexity index is 492. The number of rotatable bonds is 3. The number of carbonyl (C=O) groups is 2. The summed E-state index contributed by atoms with van der Waals surface area (Å²) in [7, 11) is 1.37. The van der Waals surface area contributed by atoms with Gasteiger partial charge in [0.2, 0.25) is 0 Å². The van der Waals surface area contributed by atoms with Crippen molar-refractivity contribution in [3.8, 4) is 5.75 Å². The summed E-state index contributed by atoms with van der Waals surface area (Å²) in [5.41, 5.74) is 0.536. The number of nitrogens with zero attached hydrogens (tertiary/aromatic N) is 1. The van der Waals surface area contributed by atoms with E-state index >= 15 is 0 Å². The minimum absolute atomic E-state index is 0.0611. The predicted octanol–water partition coefficient (Wildman–Crippen LogP) is 1.26. The molecule has 0 saturated heterocycles. The largest absolute Gasteiger partial charge is 0.494 e. The van der Waals surface area contributed by atoms with Gasteiger partial charge in [0, 0.05) is 12.2 Å². The Morgan fingerprint density at radius 3 is 2.41 bits per heavy atom. The lowest BCUT2D eigenvalue weighted by molar-refractivity contribution is -0.137. The first-order valence-corrected chi connectivity index (χ1v) is 4.98. The molecular formula is C12H10FNO3. The van der Waals surface area contributed by atoms with Crippen LogP contribution >= 0.6 is 0 Å². The van der Waals surface area contributed by atoms with Crippen molar-refractivity contribution in [2.24, 2.45) is 0 Å². The summed E-state index contributed by atoms with van der Waals surface area (Å²) in [5.74, 6) is -1.15. The standard InChI is InChI=1S/C12H10FNO3/c1-17-10-3-2-8(6-9(10)13)7-14-11(15)4-5-12(14)16/h2-6H,7H2,1H3. The minimum atomic E-state index is -0.517. The zero-order chi connectivity index (χ0) is 12.4. The van der Waals surface area contributed by atoms with Crippen LogP contribution in [0.5, 0.6) is 5.75 Å². The Morgan fingerprint density at radius 2 is 1.88 bits per heavy atom. The third-order valence-corrected chi connectivity index (χ3v) is 2.46. The number of hydrogen-bond donors (Lipinski definition) is 0. The van der Waals surface area contributed by atoms with Gasteiger partial charge in [-0.25, -0.2) is 4.39 Å². The lowest BCUT2D eigenvalue weighted by Gasteiger charge is -2.14. The molecule has 0 radical (unpaired) electrons. The molecule has 1 aromatic rings. The number of methoxy groups -OCH3 is 1. The van der Waals surface area contributed by atoms with Gasteiger partial charge in [0.1, 0.15) is 0 Å². The molecule has 0 atom stereocenters. The fraction of sp³-hybridized carbons (Fsp3) is 0.167. The van der Waals surface area contributed by atoms with Gasteiger partial charge in [0.15, 0.2) is 11.6 Å². The van der Waals surface area contributed by atoms with Crippen LogP contribution in [0.15, 0.2) is 30.4 Å². The molecule has 0 saturated carbocycles. The van der Waals surface area contributed by atoms with Crippen LogP contribution in [0, 0.1) is 5.82 Å². The molecule has 2 amide bonds. The Labute approximate surface area is 97.3 Å². The highest BCUT2D eigenvalue weighted by Crippen LogP contribution is 2.19. The van der Waals surface area contributed by atoms with E-state index in [1.54, 1.807) is 6.07 Å². The lowest BCUT2D eigenvalue weighted by atomic mass is 10.2. The van der Waals surface area contributed by atoms with Crippen LogP contribution in [0.2, 0.25) is 0 Å². The molecular weight excluding hydrogens is 225 g/mol. The zero-order valence-corrected chi connectivity index (χ0v) is 9.14. The number of carbonyl (C=O) groups excluding carboxylic acids is 2. The van der Waals surface area contributed by atoms with Gasteiger partial charge in [-0.1, -0.05) is 6.07 Å². The summed E-state index contributed by atoms with van der Waals surface area (Å²) in [4.78, 5) is 23.6. The van der Waals surface area contributed by atoms with Crippen LogP contribution < -0.4 is 4.74 Å². The van der Waals surface area contributed by atoms with E-state index in [9.17, 15) is 14.0 Å². The Balaban J connectivity index is 2.17. The van der Waals surface area contributed by atoms with Crippen molar-refractivity contribution in [1.82, 2.24) is 4.90 Å². The molecule has 0 aromatic heterocycles. The van der Waals surface area contributed by atoms with Gasteiger partial charge >= 0.3 is 0 Å². The molecule has 1 aromatic carbocycles. The number of benzene rings is 1. The summed E-state index contributed by atoms with van der Waals surface area (Å²) >= 11 is 0. The van der Waals surface area contributed by atoms with Crippen LogP contribution in [0.1, 0.15) is 5.56 Å². The van der Waals surface area contributed by atoms with Crippen molar-refractivity contribution < 1.29 is 18.7 Å². The molecule has 1 aliphatic rings. The number of ether oxygens (including phenoxy) is 1. The fourth-order valence-corrected chi connectivity index (χ4v) is 1.58. The molecule has 0 bridgehead atoms. The van der Waals surface area contributed by atoms with Gasteiger partial charge in [-0.2, -0.15) is 0 Å². The summed E-state index contributed by atoms with van der Waals surface area (Å²) < 4.78 is 18.2. The molecule has 0 N–H and O–H groups in total. The molecule has 88 valence electrons. The van der Waals surface area contributed by atoms with Crippen molar-refractivity contribution in [1.29, 1.82) is 0 Å². The Hall–Kier alpha value is -2.17. The van der Waals surface area contributed by atoms with E-state index in [1.807, 2.05) is 0 Å². The van der Waals surface area contributed by atoms with Crippen molar-refractivity contribution in [3.05, 3.63) is 41.7 Å². The minimum Gasteiger partial charge on any atom is -0.494 e. The highest BCUT2D eigenvalue weighted by atomic mass is 19.1. The van der Waals surface area contributed by atoms with Crippen molar-refractivity contribution >= 4 is 11.8 Å². The van der Waals surface area contributed by atoms with Gasteiger partial charge in [-0.15, -0.1) is 0 Å². The topological polar surface area (TPSA) is 46.6 Å². The molecule has 1 aliphatic heterocycles.